The molecule has 1 heterocycles. The molecule has 132 valence electrons. The van der Waals surface area contributed by atoms with E-state index in [-0.39, 0.29) is 17.4 Å². The van der Waals surface area contributed by atoms with Gasteiger partial charge in [-0.2, -0.15) is 0 Å². The molecule has 3 rings (SSSR count). The van der Waals surface area contributed by atoms with Crippen LogP contribution in [-0.2, 0) is 11.3 Å². The Bertz CT molecular complexity index is 852. The number of benzene rings is 2. The molecule has 0 aliphatic heterocycles. The molecule has 0 unspecified atom stereocenters. The topological polar surface area (TPSA) is 64.0 Å². The van der Waals surface area contributed by atoms with Gasteiger partial charge in [0.2, 0.25) is 5.91 Å². The van der Waals surface area contributed by atoms with Crippen LogP contribution in [0.4, 0.5) is 0 Å². The van der Waals surface area contributed by atoms with Gasteiger partial charge in [-0.15, -0.1) is 0 Å². The van der Waals surface area contributed by atoms with Crippen LogP contribution in [0.3, 0.4) is 0 Å². The summed E-state index contributed by atoms with van der Waals surface area (Å²) in [5.41, 5.74) is 2.09. The van der Waals surface area contributed by atoms with Crippen molar-refractivity contribution in [2.24, 2.45) is 0 Å². The first-order chi connectivity index (χ1) is 12.7. The van der Waals surface area contributed by atoms with Crippen LogP contribution in [-0.4, -0.2) is 22.0 Å². The summed E-state index contributed by atoms with van der Waals surface area (Å²) in [6, 6.07) is 21.4. The van der Waals surface area contributed by atoms with Crippen molar-refractivity contribution in [2.75, 3.05) is 6.54 Å². The number of amides is 1. The molecule has 0 saturated heterocycles. The van der Waals surface area contributed by atoms with Crippen molar-refractivity contribution >= 4 is 5.91 Å². The second-order valence-electron chi connectivity index (χ2n) is 6.04. The van der Waals surface area contributed by atoms with Crippen molar-refractivity contribution < 1.29 is 4.79 Å². The molecule has 26 heavy (non-hydrogen) atoms. The molecule has 0 fully saturated rings. The zero-order chi connectivity index (χ0) is 18.2. The van der Waals surface area contributed by atoms with Crippen molar-refractivity contribution in [1.82, 2.24) is 14.9 Å². The molecule has 0 spiro atoms. The molecule has 0 saturated carbocycles. The second-order valence-corrected chi connectivity index (χ2v) is 6.04. The van der Waals surface area contributed by atoms with Gasteiger partial charge in [0.05, 0.1) is 6.33 Å². The van der Waals surface area contributed by atoms with Crippen molar-refractivity contribution in [3.8, 4) is 0 Å². The maximum atomic E-state index is 12.5. The SMILES string of the molecule is O=C(CC(c1ccccc1)c1ccccc1)NCCn1cnccc1=O. The van der Waals surface area contributed by atoms with Crippen LogP contribution in [0.2, 0.25) is 0 Å². The summed E-state index contributed by atoms with van der Waals surface area (Å²) >= 11 is 0. The van der Waals surface area contributed by atoms with Gasteiger partial charge in [0.15, 0.2) is 0 Å². The highest BCUT2D eigenvalue weighted by Crippen LogP contribution is 2.27. The van der Waals surface area contributed by atoms with Crippen molar-refractivity contribution in [1.29, 1.82) is 0 Å². The average Bonchev–Trinajstić information content (AvgIpc) is 2.69. The third kappa shape index (κ3) is 4.66. The smallest absolute Gasteiger partial charge is 0.253 e. The minimum atomic E-state index is -0.124. The van der Waals surface area contributed by atoms with Gasteiger partial charge in [-0.3, -0.25) is 14.2 Å². The van der Waals surface area contributed by atoms with E-state index in [2.05, 4.69) is 10.3 Å². The summed E-state index contributed by atoms with van der Waals surface area (Å²) < 4.78 is 1.48. The number of nitrogens with zero attached hydrogens (tertiary/aromatic N) is 2. The number of nitrogens with one attached hydrogen (secondary N) is 1. The van der Waals surface area contributed by atoms with Gasteiger partial charge in [0.25, 0.3) is 5.56 Å². The lowest BCUT2D eigenvalue weighted by Crippen LogP contribution is -2.31. The zero-order valence-electron chi connectivity index (χ0n) is 14.4. The van der Waals surface area contributed by atoms with Crippen molar-refractivity contribution in [3.63, 3.8) is 0 Å². The Morgan fingerprint density at radius 1 is 0.962 bits per heavy atom. The minimum Gasteiger partial charge on any atom is -0.354 e. The van der Waals surface area contributed by atoms with Gasteiger partial charge in [-0.1, -0.05) is 60.7 Å². The number of rotatable bonds is 7. The zero-order valence-corrected chi connectivity index (χ0v) is 14.4. The van der Waals surface area contributed by atoms with E-state index in [1.54, 1.807) is 0 Å². The molecule has 2 aromatic carbocycles. The van der Waals surface area contributed by atoms with E-state index in [0.717, 1.165) is 11.1 Å². The Balaban J connectivity index is 1.64. The molecular weight excluding hydrogens is 326 g/mol. The minimum absolute atomic E-state index is 0.00138. The number of hydrogen-bond donors (Lipinski definition) is 1. The van der Waals surface area contributed by atoms with Crippen LogP contribution in [0.25, 0.3) is 0 Å². The summed E-state index contributed by atoms with van der Waals surface area (Å²) in [5.74, 6) is -0.0434. The van der Waals surface area contributed by atoms with Gasteiger partial charge in [-0.25, -0.2) is 4.98 Å². The summed E-state index contributed by atoms with van der Waals surface area (Å²) in [6.07, 6.45) is 3.29. The Hall–Kier alpha value is -3.21. The third-order valence-corrected chi connectivity index (χ3v) is 4.26. The standard InChI is InChI=1S/C21H21N3O2/c25-20(23-13-14-24-16-22-12-11-21(24)26)15-19(17-7-3-1-4-8-17)18-9-5-2-6-10-18/h1-12,16,19H,13-15H2,(H,23,25). The first kappa shape index (κ1) is 17.6. The first-order valence-corrected chi connectivity index (χ1v) is 8.61. The fourth-order valence-corrected chi connectivity index (χ4v) is 2.92. The van der Waals surface area contributed by atoms with E-state index >= 15 is 0 Å². The fraction of sp³-hybridized carbons (Fsp3) is 0.190. The highest BCUT2D eigenvalue weighted by molar-refractivity contribution is 5.77. The van der Waals surface area contributed by atoms with Crippen LogP contribution >= 0.6 is 0 Å². The maximum Gasteiger partial charge on any atom is 0.253 e. The van der Waals surface area contributed by atoms with E-state index in [1.165, 1.54) is 23.2 Å². The van der Waals surface area contributed by atoms with Crippen molar-refractivity contribution in [2.45, 2.75) is 18.9 Å². The molecule has 0 radical (unpaired) electrons. The van der Waals surface area contributed by atoms with Gasteiger partial charge in [-0.05, 0) is 11.1 Å². The number of carbonyl (C=O) groups excluding carboxylic acids is 1. The van der Waals surface area contributed by atoms with E-state index in [9.17, 15) is 9.59 Å². The Morgan fingerprint density at radius 2 is 1.58 bits per heavy atom. The Kier molecular flexibility index (Phi) is 5.93. The van der Waals surface area contributed by atoms with Gasteiger partial charge >= 0.3 is 0 Å². The van der Waals surface area contributed by atoms with Crippen LogP contribution < -0.4 is 10.9 Å². The lowest BCUT2D eigenvalue weighted by molar-refractivity contribution is -0.121. The second kappa shape index (κ2) is 8.76. The highest BCUT2D eigenvalue weighted by atomic mass is 16.1. The fourth-order valence-electron chi connectivity index (χ4n) is 2.92. The van der Waals surface area contributed by atoms with E-state index in [0.29, 0.717) is 19.5 Å². The van der Waals surface area contributed by atoms with Gasteiger partial charge < -0.3 is 5.32 Å². The third-order valence-electron chi connectivity index (χ3n) is 4.26. The van der Waals surface area contributed by atoms with Crippen LogP contribution in [0.15, 0.2) is 84.0 Å². The summed E-state index contributed by atoms with van der Waals surface area (Å²) in [4.78, 5) is 28.0. The van der Waals surface area contributed by atoms with Crippen LogP contribution in [0, 0.1) is 0 Å². The summed E-state index contributed by atoms with van der Waals surface area (Å²) in [5, 5.41) is 2.90. The number of aromatic nitrogens is 2. The summed E-state index contributed by atoms with van der Waals surface area (Å²) in [7, 11) is 0. The lowest BCUT2D eigenvalue weighted by atomic mass is 9.88. The number of carbonyl (C=O) groups is 1. The van der Waals surface area contributed by atoms with Gasteiger partial charge in [0.1, 0.15) is 0 Å². The number of hydrogen-bond acceptors (Lipinski definition) is 3. The molecule has 0 bridgehead atoms. The van der Waals surface area contributed by atoms with Crippen LogP contribution in [0.5, 0.6) is 0 Å². The predicted molar refractivity (Wildman–Crippen MR) is 101 cm³/mol. The quantitative estimate of drug-likeness (QED) is 0.714. The van der Waals surface area contributed by atoms with E-state index < -0.39 is 0 Å². The monoisotopic (exact) mass is 347 g/mol. The molecule has 1 amide bonds. The molecule has 1 N–H and O–H groups in total. The maximum absolute atomic E-state index is 12.5. The highest BCUT2D eigenvalue weighted by Gasteiger charge is 2.17. The summed E-state index contributed by atoms with van der Waals surface area (Å²) in [6.45, 7) is 0.792. The molecule has 0 aliphatic carbocycles. The average molecular weight is 347 g/mol. The lowest BCUT2D eigenvalue weighted by Gasteiger charge is -2.18. The Labute approximate surface area is 152 Å². The predicted octanol–water partition coefficient (Wildman–Crippen LogP) is 2.58. The molecular formula is C21H21N3O2. The van der Waals surface area contributed by atoms with E-state index in [4.69, 9.17) is 0 Å². The van der Waals surface area contributed by atoms with Crippen molar-refractivity contribution in [3.05, 3.63) is 101 Å². The Morgan fingerprint density at radius 3 is 2.15 bits per heavy atom. The first-order valence-electron chi connectivity index (χ1n) is 8.61. The normalized spacial score (nSPS) is 10.7. The molecule has 3 aromatic rings. The van der Waals surface area contributed by atoms with Gasteiger partial charge in [0, 0.05) is 37.7 Å². The molecule has 1 aromatic heterocycles. The van der Waals surface area contributed by atoms with Crippen LogP contribution in [0.1, 0.15) is 23.5 Å². The molecule has 0 atom stereocenters. The molecule has 0 aliphatic rings. The largest absolute Gasteiger partial charge is 0.354 e. The molecule has 5 nitrogen and oxygen atoms in total. The van der Waals surface area contributed by atoms with E-state index in [1.807, 2.05) is 60.7 Å². The molecule has 5 heteroatoms.